The molecule has 0 fully saturated rings. The monoisotopic (exact) mass is 210 g/mol. The first-order chi connectivity index (χ1) is 6.24. The molecule has 2 aromatic heterocycles. The summed E-state index contributed by atoms with van der Waals surface area (Å²) >= 11 is 3.02. The fourth-order valence-corrected chi connectivity index (χ4v) is 3.27. The van der Waals surface area contributed by atoms with Gasteiger partial charge in [-0.05, 0) is 0 Å². The van der Waals surface area contributed by atoms with E-state index in [1.165, 1.54) is 27.6 Å². The Bertz CT molecular complexity index is 440. The largest absolute Gasteiger partial charge is 0.375 e. The Labute approximate surface area is 82.2 Å². The van der Waals surface area contributed by atoms with Crippen molar-refractivity contribution in [3.8, 4) is 10.6 Å². The van der Waals surface area contributed by atoms with E-state index in [4.69, 9.17) is 11.5 Å². The Morgan fingerprint density at radius 2 is 1.85 bits per heavy atom. The van der Waals surface area contributed by atoms with Crippen molar-refractivity contribution in [1.82, 2.24) is 9.97 Å². The van der Waals surface area contributed by atoms with E-state index in [0.717, 1.165) is 22.7 Å². The zero-order valence-electron chi connectivity index (χ0n) is 6.57. The number of nitrogens with two attached hydrogens (primary N) is 2. The van der Waals surface area contributed by atoms with Crippen molar-refractivity contribution < 1.29 is 0 Å². The molecule has 4 nitrogen and oxygen atoms in total. The predicted octanol–water partition coefficient (Wildman–Crippen LogP) is 1.34. The highest BCUT2D eigenvalue weighted by Gasteiger charge is 2.26. The number of fused-ring (bicyclic) bond motifs is 3. The van der Waals surface area contributed by atoms with E-state index in [2.05, 4.69) is 9.97 Å². The van der Waals surface area contributed by atoms with Crippen LogP contribution in [-0.4, -0.2) is 9.97 Å². The molecule has 0 unspecified atom stereocenters. The second-order valence-electron chi connectivity index (χ2n) is 2.83. The van der Waals surface area contributed by atoms with E-state index in [0.29, 0.717) is 10.3 Å². The van der Waals surface area contributed by atoms with E-state index in [1.807, 2.05) is 0 Å². The predicted molar refractivity (Wildman–Crippen MR) is 54.9 cm³/mol. The molecule has 0 amide bonds. The normalized spacial score (nSPS) is 12.9. The van der Waals surface area contributed by atoms with Gasteiger partial charge in [0.25, 0.3) is 0 Å². The van der Waals surface area contributed by atoms with E-state index in [1.54, 1.807) is 0 Å². The molecule has 0 radical (unpaired) electrons. The number of hydrogen-bond donors (Lipinski definition) is 2. The summed E-state index contributed by atoms with van der Waals surface area (Å²) in [4.78, 5) is 10.8. The minimum atomic E-state index is 0.613. The maximum atomic E-state index is 5.61. The van der Waals surface area contributed by atoms with E-state index < -0.39 is 0 Å². The quantitative estimate of drug-likeness (QED) is 0.587. The molecule has 6 heteroatoms. The Hall–Kier alpha value is -1.14. The van der Waals surface area contributed by atoms with Crippen LogP contribution in [0, 0.1) is 0 Å². The molecule has 0 saturated heterocycles. The maximum absolute atomic E-state index is 5.61. The topological polar surface area (TPSA) is 77.8 Å². The molecule has 0 aliphatic heterocycles. The first kappa shape index (κ1) is 7.28. The number of thiazole rings is 2. The van der Waals surface area contributed by atoms with Crippen molar-refractivity contribution in [3.05, 3.63) is 10.6 Å². The molecule has 3 rings (SSSR count). The van der Waals surface area contributed by atoms with Gasteiger partial charge in [0.1, 0.15) is 0 Å². The summed E-state index contributed by atoms with van der Waals surface area (Å²) in [5.41, 5.74) is 13.3. The lowest BCUT2D eigenvalue weighted by atomic mass is 10.4. The van der Waals surface area contributed by atoms with Gasteiger partial charge in [-0.2, -0.15) is 0 Å². The van der Waals surface area contributed by atoms with Crippen LogP contribution in [0.15, 0.2) is 0 Å². The summed E-state index contributed by atoms with van der Waals surface area (Å²) in [7, 11) is 0. The highest BCUT2D eigenvalue weighted by atomic mass is 32.1. The Balaban J connectivity index is 2.28. The van der Waals surface area contributed by atoms with E-state index in [-0.39, 0.29) is 0 Å². The maximum Gasteiger partial charge on any atom is 0.180 e. The van der Waals surface area contributed by atoms with Gasteiger partial charge in [-0.3, -0.25) is 0 Å². The summed E-state index contributed by atoms with van der Waals surface area (Å²) in [5.74, 6) is 0. The second kappa shape index (κ2) is 2.21. The first-order valence-corrected chi connectivity index (χ1v) is 5.38. The first-order valence-electron chi connectivity index (χ1n) is 3.75. The zero-order chi connectivity index (χ0) is 9.00. The molecule has 0 saturated carbocycles. The van der Waals surface area contributed by atoms with Crippen LogP contribution in [0.2, 0.25) is 0 Å². The van der Waals surface area contributed by atoms with Crippen molar-refractivity contribution in [3.63, 3.8) is 0 Å². The molecule has 0 spiro atoms. The van der Waals surface area contributed by atoms with Crippen LogP contribution in [0.3, 0.4) is 0 Å². The third kappa shape index (κ3) is 0.895. The van der Waals surface area contributed by atoms with Gasteiger partial charge in [0.2, 0.25) is 0 Å². The molecule has 4 N–H and O–H groups in total. The minimum Gasteiger partial charge on any atom is -0.375 e. The molecular formula is C7H6N4S2. The van der Waals surface area contributed by atoms with E-state index >= 15 is 0 Å². The standard InChI is InChI=1S/C7H6N4S2/c8-6-10-2-1-3-4(5(2)13-6)11-7(9)12-3/h1H2,(H2,8,10)(H2,9,11). The van der Waals surface area contributed by atoms with Gasteiger partial charge in [0, 0.05) is 11.3 Å². The number of nitrogens with zero attached hydrogens (tertiary/aromatic N) is 2. The summed E-state index contributed by atoms with van der Waals surface area (Å²) in [6, 6.07) is 0. The van der Waals surface area contributed by atoms with Gasteiger partial charge >= 0.3 is 0 Å². The Morgan fingerprint density at radius 3 is 2.69 bits per heavy atom. The molecule has 1 aliphatic carbocycles. The second-order valence-corrected chi connectivity index (χ2v) is 4.97. The number of nitrogen functional groups attached to an aromatic ring is 2. The third-order valence-corrected chi connectivity index (χ3v) is 3.79. The zero-order valence-corrected chi connectivity index (χ0v) is 8.21. The summed E-state index contributed by atoms with van der Waals surface area (Å²) in [5, 5.41) is 1.24. The van der Waals surface area contributed by atoms with Gasteiger partial charge in [0.15, 0.2) is 10.3 Å². The lowest BCUT2D eigenvalue weighted by molar-refractivity contribution is 1.18. The van der Waals surface area contributed by atoms with Crippen LogP contribution in [-0.2, 0) is 6.42 Å². The summed E-state index contributed by atoms with van der Waals surface area (Å²) in [6.07, 6.45) is 0.841. The molecule has 0 bridgehead atoms. The van der Waals surface area contributed by atoms with Gasteiger partial charge in [-0.1, -0.05) is 11.3 Å². The Kier molecular flexibility index (Phi) is 1.24. The fraction of sp³-hybridized carbons (Fsp3) is 0.143. The number of hydrogen-bond acceptors (Lipinski definition) is 6. The molecule has 0 aromatic carbocycles. The Morgan fingerprint density at radius 1 is 1.08 bits per heavy atom. The lowest BCUT2D eigenvalue weighted by Gasteiger charge is -1.84. The van der Waals surface area contributed by atoms with Gasteiger partial charge in [0.05, 0.1) is 16.3 Å². The van der Waals surface area contributed by atoms with Crippen molar-refractivity contribution >= 4 is 32.9 Å². The van der Waals surface area contributed by atoms with E-state index in [9.17, 15) is 0 Å². The van der Waals surface area contributed by atoms with Crippen LogP contribution in [0.25, 0.3) is 10.6 Å². The van der Waals surface area contributed by atoms with Crippen molar-refractivity contribution in [1.29, 1.82) is 0 Å². The molecule has 66 valence electrons. The van der Waals surface area contributed by atoms with Crippen LogP contribution in [0.1, 0.15) is 10.6 Å². The molecule has 13 heavy (non-hydrogen) atoms. The molecule has 1 aliphatic rings. The van der Waals surface area contributed by atoms with Gasteiger partial charge < -0.3 is 11.5 Å². The average Bonchev–Trinajstić information content (AvgIpc) is 2.60. The van der Waals surface area contributed by atoms with Crippen LogP contribution in [0.4, 0.5) is 10.3 Å². The van der Waals surface area contributed by atoms with Gasteiger partial charge in [-0.25, -0.2) is 9.97 Å². The molecule has 2 heterocycles. The number of aromatic nitrogens is 2. The summed E-state index contributed by atoms with van der Waals surface area (Å²) in [6.45, 7) is 0. The van der Waals surface area contributed by atoms with Crippen LogP contribution < -0.4 is 11.5 Å². The SMILES string of the molecule is Nc1nc2c(s1)Cc1nc(N)sc1-2. The molecular weight excluding hydrogens is 204 g/mol. The molecule has 0 atom stereocenters. The summed E-state index contributed by atoms with van der Waals surface area (Å²) < 4.78 is 0. The lowest BCUT2D eigenvalue weighted by Crippen LogP contribution is -1.84. The molecule has 2 aromatic rings. The minimum absolute atomic E-state index is 0.613. The highest BCUT2D eigenvalue weighted by Crippen LogP contribution is 2.43. The smallest absolute Gasteiger partial charge is 0.180 e. The highest BCUT2D eigenvalue weighted by molar-refractivity contribution is 7.20. The average molecular weight is 210 g/mol. The van der Waals surface area contributed by atoms with Crippen molar-refractivity contribution in [2.45, 2.75) is 6.42 Å². The third-order valence-electron chi connectivity index (χ3n) is 1.97. The fourth-order valence-electron chi connectivity index (χ4n) is 1.49. The van der Waals surface area contributed by atoms with Crippen LogP contribution in [0.5, 0.6) is 0 Å². The van der Waals surface area contributed by atoms with Crippen LogP contribution >= 0.6 is 22.7 Å². The van der Waals surface area contributed by atoms with Gasteiger partial charge in [-0.15, -0.1) is 11.3 Å². The number of anilines is 2. The number of rotatable bonds is 0. The van der Waals surface area contributed by atoms with Crippen molar-refractivity contribution in [2.75, 3.05) is 11.5 Å². The van der Waals surface area contributed by atoms with Crippen molar-refractivity contribution in [2.24, 2.45) is 0 Å².